The molecule has 2 rings (SSSR count). The van der Waals surface area contributed by atoms with Crippen LogP contribution in [0.1, 0.15) is 0 Å². The van der Waals surface area contributed by atoms with Gasteiger partial charge in [-0.1, -0.05) is 5.16 Å². The van der Waals surface area contributed by atoms with Gasteiger partial charge in [0, 0.05) is 6.20 Å². The maximum atomic E-state index is 5.55. The van der Waals surface area contributed by atoms with E-state index in [2.05, 4.69) is 15.4 Å². The predicted octanol–water partition coefficient (Wildman–Crippen LogP) is 0.714. The van der Waals surface area contributed by atoms with Gasteiger partial charge in [0.05, 0.1) is 6.20 Å². The third kappa shape index (κ3) is 1.01. The molecule has 0 saturated carbocycles. The monoisotopic (exact) mass is 162 g/mol. The van der Waals surface area contributed by atoms with Crippen LogP contribution in [0.5, 0.6) is 0 Å². The minimum Gasteiger partial charge on any atom is -0.394 e. The Balaban J connectivity index is 2.51. The van der Waals surface area contributed by atoms with E-state index in [1.165, 1.54) is 6.20 Å². The molecule has 2 heterocycles. The van der Waals surface area contributed by atoms with Crippen LogP contribution in [0.3, 0.4) is 0 Å². The van der Waals surface area contributed by atoms with Crippen molar-refractivity contribution < 1.29 is 4.52 Å². The van der Waals surface area contributed by atoms with Crippen LogP contribution in [0.4, 0.5) is 5.69 Å². The van der Waals surface area contributed by atoms with Gasteiger partial charge in [0.2, 0.25) is 5.76 Å². The zero-order chi connectivity index (χ0) is 8.39. The Bertz CT molecular complexity index is 370. The van der Waals surface area contributed by atoms with E-state index in [0.29, 0.717) is 17.1 Å². The van der Waals surface area contributed by atoms with Crippen LogP contribution in [0, 0.1) is 0 Å². The van der Waals surface area contributed by atoms with E-state index in [0.717, 1.165) is 0 Å². The van der Waals surface area contributed by atoms with Gasteiger partial charge in [-0.25, -0.2) is 0 Å². The molecule has 0 fully saturated rings. The lowest BCUT2D eigenvalue weighted by atomic mass is 10.3. The third-order valence-electron chi connectivity index (χ3n) is 1.40. The molecule has 5 heteroatoms. The molecule has 0 radical (unpaired) electrons. The van der Waals surface area contributed by atoms with Crippen molar-refractivity contribution in [3.8, 4) is 11.5 Å². The van der Waals surface area contributed by atoms with Crippen molar-refractivity contribution in [1.82, 2.24) is 15.4 Å². The summed E-state index contributed by atoms with van der Waals surface area (Å²) in [6.07, 6.45) is 3.01. The SMILES string of the molecule is Nc1cnoc1-c1cccnn1. The zero-order valence-electron chi connectivity index (χ0n) is 6.14. The molecule has 0 amide bonds. The summed E-state index contributed by atoms with van der Waals surface area (Å²) in [7, 11) is 0. The summed E-state index contributed by atoms with van der Waals surface area (Å²) in [6.45, 7) is 0. The number of aromatic nitrogens is 3. The number of hydrogen-bond acceptors (Lipinski definition) is 5. The molecular weight excluding hydrogens is 156 g/mol. The second-order valence-corrected chi connectivity index (χ2v) is 2.22. The van der Waals surface area contributed by atoms with Crippen LogP contribution >= 0.6 is 0 Å². The molecule has 0 saturated heterocycles. The minimum absolute atomic E-state index is 0.461. The molecule has 0 aromatic carbocycles. The van der Waals surface area contributed by atoms with E-state index < -0.39 is 0 Å². The van der Waals surface area contributed by atoms with Crippen molar-refractivity contribution in [2.75, 3.05) is 5.73 Å². The maximum Gasteiger partial charge on any atom is 0.209 e. The molecule has 12 heavy (non-hydrogen) atoms. The lowest BCUT2D eigenvalue weighted by molar-refractivity contribution is 0.431. The number of nitrogen functional groups attached to an aromatic ring is 1. The molecule has 0 aliphatic heterocycles. The summed E-state index contributed by atoms with van der Waals surface area (Å²) in [5.41, 5.74) is 6.61. The fraction of sp³-hybridized carbons (Fsp3) is 0. The highest BCUT2D eigenvalue weighted by molar-refractivity contribution is 5.65. The van der Waals surface area contributed by atoms with Crippen molar-refractivity contribution in [2.45, 2.75) is 0 Å². The average molecular weight is 162 g/mol. The largest absolute Gasteiger partial charge is 0.394 e. The van der Waals surface area contributed by atoms with E-state index in [4.69, 9.17) is 10.3 Å². The molecular formula is C7H6N4O. The highest BCUT2D eigenvalue weighted by Gasteiger charge is 2.07. The molecule has 0 spiro atoms. The topological polar surface area (TPSA) is 77.8 Å². The summed E-state index contributed by atoms with van der Waals surface area (Å²) in [5, 5.41) is 11.0. The van der Waals surface area contributed by atoms with Gasteiger partial charge in [-0.15, -0.1) is 5.10 Å². The van der Waals surface area contributed by atoms with E-state index in [1.807, 2.05) is 0 Å². The second kappa shape index (κ2) is 2.61. The predicted molar refractivity (Wildman–Crippen MR) is 41.9 cm³/mol. The first-order valence-corrected chi connectivity index (χ1v) is 3.36. The molecule has 60 valence electrons. The van der Waals surface area contributed by atoms with Gasteiger partial charge >= 0.3 is 0 Å². The van der Waals surface area contributed by atoms with Gasteiger partial charge in [-0.05, 0) is 12.1 Å². The molecule has 0 atom stereocenters. The molecule has 5 nitrogen and oxygen atoms in total. The number of nitrogens with two attached hydrogens (primary N) is 1. The fourth-order valence-electron chi connectivity index (χ4n) is 0.864. The normalized spacial score (nSPS) is 10.0. The van der Waals surface area contributed by atoms with E-state index >= 15 is 0 Å². The summed E-state index contributed by atoms with van der Waals surface area (Å²) < 4.78 is 4.87. The first-order chi connectivity index (χ1) is 5.88. The Morgan fingerprint density at radius 1 is 1.42 bits per heavy atom. The van der Waals surface area contributed by atoms with Crippen molar-refractivity contribution in [3.63, 3.8) is 0 Å². The van der Waals surface area contributed by atoms with Gasteiger partial charge in [-0.2, -0.15) is 5.10 Å². The standard InChI is InChI=1S/C7H6N4O/c8-5-4-10-12-7(5)6-2-1-3-9-11-6/h1-4H,8H2. The van der Waals surface area contributed by atoms with Crippen molar-refractivity contribution in [1.29, 1.82) is 0 Å². The van der Waals surface area contributed by atoms with Crippen LogP contribution < -0.4 is 5.73 Å². The van der Waals surface area contributed by atoms with Crippen molar-refractivity contribution in [2.24, 2.45) is 0 Å². The molecule has 0 unspecified atom stereocenters. The van der Waals surface area contributed by atoms with Crippen LogP contribution in [0.2, 0.25) is 0 Å². The first-order valence-electron chi connectivity index (χ1n) is 3.36. The fourth-order valence-corrected chi connectivity index (χ4v) is 0.864. The minimum atomic E-state index is 0.461. The second-order valence-electron chi connectivity index (χ2n) is 2.22. The Labute approximate surface area is 68.2 Å². The Hall–Kier alpha value is -1.91. The van der Waals surface area contributed by atoms with Gasteiger partial charge in [0.15, 0.2) is 0 Å². The molecule has 0 bridgehead atoms. The van der Waals surface area contributed by atoms with Gasteiger partial charge in [0.25, 0.3) is 0 Å². The lowest BCUT2D eigenvalue weighted by Gasteiger charge is -1.92. The van der Waals surface area contributed by atoms with Gasteiger partial charge < -0.3 is 10.3 Å². The van der Waals surface area contributed by atoms with E-state index in [1.54, 1.807) is 18.3 Å². The highest BCUT2D eigenvalue weighted by atomic mass is 16.5. The Kier molecular flexibility index (Phi) is 1.48. The van der Waals surface area contributed by atoms with Crippen LogP contribution in [-0.4, -0.2) is 15.4 Å². The van der Waals surface area contributed by atoms with Crippen LogP contribution in [0.25, 0.3) is 11.5 Å². The lowest BCUT2D eigenvalue weighted by Crippen LogP contribution is -1.88. The smallest absolute Gasteiger partial charge is 0.209 e. The van der Waals surface area contributed by atoms with Gasteiger partial charge in [-0.3, -0.25) is 0 Å². The number of anilines is 1. The Morgan fingerprint density at radius 2 is 2.33 bits per heavy atom. The van der Waals surface area contributed by atoms with Crippen LogP contribution in [-0.2, 0) is 0 Å². The van der Waals surface area contributed by atoms with Crippen molar-refractivity contribution >= 4 is 5.69 Å². The molecule has 2 aromatic rings. The van der Waals surface area contributed by atoms with Gasteiger partial charge in [0.1, 0.15) is 11.4 Å². The summed E-state index contributed by atoms with van der Waals surface area (Å²) in [5.74, 6) is 0.461. The molecule has 2 N–H and O–H groups in total. The number of nitrogens with zero attached hydrogens (tertiary/aromatic N) is 3. The van der Waals surface area contributed by atoms with Crippen molar-refractivity contribution in [3.05, 3.63) is 24.5 Å². The third-order valence-corrected chi connectivity index (χ3v) is 1.40. The maximum absolute atomic E-state index is 5.55. The zero-order valence-corrected chi connectivity index (χ0v) is 6.14. The first kappa shape index (κ1) is 6.78. The van der Waals surface area contributed by atoms with E-state index in [-0.39, 0.29) is 0 Å². The number of hydrogen-bond donors (Lipinski definition) is 1. The molecule has 0 aliphatic rings. The molecule has 2 aromatic heterocycles. The number of rotatable bonds is 1. The summed E-state index contributed by atoms with van der Waals surface area (Å²) >= 11 is 0. The Morgan fingerprint density at radius 3 is 2.92 bits per heavy atom. The summed E-state index contributed by atoms with van der Waals surface area (Å²) in [6, 6.07) is 3.51. The molecule has 0 aliphatic carbocycles. The summed E-state index contributed by atoms with van der Waals surface area (Å²) in [4.78, 5) is 0. The van der Waals surface area contributed by atoms with Crippen LogP contribution in [0.15, 0.2) is 29.0 Å². The van der Waals surface area contributed by atoms with E-state index in [9.17, 15) is 0 Å². The highest BCUT2D eigenvalue weighted by Crippen LogP contribution is 2.21. The quantitative estimate of drug-likeness (QED) is 0.668. The average Bonchev–Trinajstić information content (AvgIpc) is 2.53.